The summed E-state index contributed by atoms with van der Waals surface area (Å²) in [6, 6.07) is 7.95. The van der Waals surface area contributed by atoms with E-state index in [1.807, 2.05) is 24.0 Å². The summed E-state index contributed by atoms with van der Waals surface area (Å²) in [5, 5.41) is 0.705. The van der Waals surface area contributed by atoms with Crippen molar-refractivity contribution >= 4 is 16.9 Å². The number of ether oxygens (including phenoxy) is 1. The van der Waals surface area contributed by atoms with E-state index in [0.29, 0.717) is 35.6 Å². The van der Waals surface area contributed by atoms with Crippen LogP contribution in [0.15, 0.2) is 55.2 Å². The van der Waals surface area contributed by atoms with Crippen molar-refractivity contribution in [2.75, 3.05) is 13.1 Å². The van der Waals surface area contributed by atoms with Gasteiger partial charge in [0.05, 0.1) is 11.4 Å². The molecule has 1 atom stereocenters. The van der Waals surface area contributed by atoms with Gasteiger partial charge in [0.15, 0.2) is 11.6 Å². The number of benzene rings is 1. The van der Waals surface area contributed by atoms with Crippen molar-refractivity contribution in [3.05, 3.63) is 77.8 Å². The van der Waals surface area contributed by atoms with Crippen LogP contribution < -0.4 is 10.5 Å². The molecule has 0 saturated carbocycles. The fourth-order valence-corrected chi connectivity index (χ4v) is 4.66. The summed E-state index contributed by atoms with van der Waals surface area (Å²) in [5.74, 6) is 0.103. The Morgan fingerprint density at radius 3 is 2.74 bits per heavy atom. The van der Waals surface area contributed by atoms with Crippen LogP contribution in [0.4, 0.5) is 4.39 Å². The summed E-state index contributed by atoms with van der Waals surface area (Å²) in [4.78, 5) is 30.1. The summed E-state index contributed by atoms with van der Waals surface area (Å²) in [6.07, 6.45) is 8.78. The summed E-state index contributed by atoms with van der Waals surface area (Å²) >= 11 is 0. The van der Waals surface area contributed by atoms with Gasteiger partial charge in [0, 0.05) is 31.7 Å². The van der Waals surface area contributed by atoms with Gasteiger partial charge in [0.2, 0.25) is 11.8 Å². The van der Waals surface area contributed by atoms with Gasteiger partial charge >= 0.3 is 0 Å². The van der Waals surface area contributed by atoms with E-state index in [2.05, 4.69) is 19.9 Å². The first-order valence-electron chi connectivity index (χ1n) is 11.7. The second-order valence-electron chi connectivity index (χ2n) is 8.93. The number of hydrogen-bond acceptors (Lipinski definition) is 6. The molecule has 0 aliphatic carbocycles. The Labute approximate surface area is 202 Å². The number of piperidine rings is 1. The standard InChI is InChI=1S/C26H27FN6O2/c1-16-14-30-24-23(16)25(32-15-31-24)35-22-3-2-17(12-20(22)27)13-21(28)26(34)33-10-6-19(7-11-33)18-4-8-29-9-5-18/h2-5,8-9,12,14-15,19,21H,6-7,10-11,13,28H2,1H3,(H,30,31,32)/t21-/m0/s1. The summed E-state index contributed by atoms with van der Waals surface area (Å²) in [6.45, 7) is 3.22. The number of aryl methyl sites for hydroxylation is 1. The number of fused-ring (bicyclic) bond motifs is 1. The minimum Gasteiger partial charge on any atom is -0.435 e. The molecule has 9 heteroatoms. The van der Waals surface area contributed by atoms with E-state index >= 15 is 0 Å². The molecule has 1 aromatic carbocycles. The van der Waals surface area contributed by atoms with Gasteiger partial charge in [-0.15, -0.1) is 0 Å². The number of carbonyl (C=O) groups is 1. The molecular formula is C26H27FN6O2. The maximum Gasteiger partial charge on any atom is 0.239 e. The second kappa shape index (κ2) is 9.79. The first-order chi connectivity index (χ1) is 17.0. The van der Waals surface area contributed by atoms with E-state index in [9.17, 15) is 9.18 Å². The first-order valence-corrected chi connectivity index (χ1v) is 11.7. The van der Waals surface area contributed by atoms with Gasteiger partial charge in [0.25, 0.3) is 0 Å². The van der Waals surface area contributed by atoms with Crippen LogP contribution in [0.25, 0.3) is 11.0 Å². The molecule has 1 aliphatic heterocycles. The number of likely N-dealkylation sites (tertiary alicyclic amines) is 1. The van der Waals surface area contributed by atoms with Crippen LogP contribution in [0.1, 0.15) is 35.4 Å². The molecule has 4 aromatic rings. The SMILES string of the molecule is Cc1c[nH]c2ncnc(Oc3ccc(C[C@H](N)C(=O)N4CCC(c5ccncc5)CC4)cc3F)c12. The molecule has 3 N–H and O–H groups in total. The molecule has 0 spiro atoms. The molecule has 1 amide bonds. The number of aromatic amines is 1. The van der Waals surface area contributed by atoms with Gasteiger partial charge in [-0.1, -0.05) is 6.07 Å². The summed E-state index contributed by atoms with van der Waals surface area (Å²) in [5.41, 5.74) is 9.65. The lowest BCUT2D eigenvalue weighted by molar-refractivity contribution is -0.133. The van der Waals surface area contributed by atoms with Crippen LogP contribution in [0.3, 0.4) is 0 Å². The molecule has 180 valence electrons. The molecule has 0 radical (unpaired) electrons. The molecule has 8 nitrogen and oxygen atoms in total. The largest absolute Gasteiger partial charge is 0.435 e. The number of halogens is 1. The molecule has 1 aliphatic rings. The Morgan fingerprint density at radius 1 is 1.23 bits per heavy atom. The van der Waals surface area contributed by atoms with Gasteiger partial charge in [-0.05, 0) is 73.1 Å². The van der Waals surface area contributed by atoms with Crippen molar-refractivity contribution < 1.29 is 13.9 Å². The van der Waals surface area contributed by atoms with Crippen LogP contribution >= 0.6 is 0 Å². The number of nitrogens with two attached hydrogens (primary N) is 1. The van der Waals surface area contributed by atoms with E-state index in [0.717, 1.165) is 18.4 Å². The van der Waals surface area contributed by atoms with Crippen LogP contribution in [0.5, 0.6) is 11.6 Å². The number of aromatic nitrogens is 4. The number of amides is 1. The van der Waals surface area contributed by atoms with Crippen molar-refractivity contribution in [1.29, 1.82) is 0 Å². The number of nitrogens with zero attached hydrogens (tertiary/aromatic N) is 4. The smallest absolute Gasteiger partial charge is 0.239 e. The predicted octanol–water partition coefficient (Wildman–Crippen LogP) is 3.87. The highest BCUT2D eigenvalue weighted by molar-refractivity contribution is 5.84. The van der Waals surface area contributed by atoms with Crippen molar-refractivity contribution in [2.24, 2.45) is 5.73 Å². The third kappa shape index (κ3) is 4.85. The molecular weight excluding hydrogens is 447 g/mol. The van der Waals surface area contributed by atoms with Gasteiger partial charge in [-0.2, -0.15) is 0 Å². The summed E-state index contributed by atoms with van der Waals surface area (Å²) < 4.78 is 20.6. The zero-order chi connectivity index (χ0) is 24.4. The zero-order valence-electron chi connectivity index (χ0n) is 19.4. The maximum atomic E-state index is 14.9. The number of H-pyrrole nitrogens is 1. The minimum atomic E-state index is -0.734. The van der Waals surface area contributed by atoms with E-state index < -0.39 is 11.9 Å². The van der Waals surface area contributed by atoms with Gasteiger partial charge in [-0.25, -0.2) is 14.4 Å². The number of rotatable bonds is 6. The van der Waals surface area contributed by atoms with E-state index in [-0.39, 0.29) is 24.0 Å². The van der Waals surface area contributed by atoms with Crippen LogP contribution in [0, 0.1) is 12.7 Å². The van der Waals surface area contributed by atoms with Crippen molar-refractivity contribution in [3.63, 3.8) is 0 Å². The Kier molecular flexibility index (Phi) is 6.41. The predicted molar refractivity (Wildman–Crippen MR) is 130 cm³/mol. The normalized spacial score (nSPS) is 15.3. The molecule has 5 rings (SSSR count). The average molecular weight is 475 g/mol. The highest BCUT2D eigenvalue weighted by Crippen LogP contribution is 2.31. The third-order valence-electron chi connectivity index (χ3n) is 6.59. The van der Waals surface area contributed by atoms with Gasteiger partial charge < -0.3 is 20.4 Å². The lowest BCUT2D eigenvalue weighted by Crippen LogP contribution is -2.47. The van der Waals surface area contributed by atoms with Crippen LogP contribution in [-0.2, 0) is 11.2 Å². The highest BCUT2D eigenvalue weighted by atomic mass is 19.1. The lowest BCUT2D eigenvalue weighted by atomic mass is 9.89. The average Bonchev–Trinajstić information content (AvgIpc) is 3.27. The summed E-state index contributed by atoms with van der Waals surface area (Å²) in [7, 11) is 0. The molecule has 1 saturated heterocycles. The molecule has 0 unspecified atom stereocenters. The topological polar surface area (TPSA) is 110 Å². The Bertz CT molecular complexity index is 1330. The maximum absolute atomic E-state index is 14.9. The Morgan fingerprint density at radius 2 is 2.00 bits per heavy atom. The van der Waals surface area contributed by atoms with Gasteiger partial charge in [-0.3, -0.25) is 9.78 Å². The van der Waals surface area contributed by atoms with Crippen molar-refractivity contribution in [1.82, 2.24) is 24.8 Å². The Hall–Kier alpha value is -3.85. The van der Waals surface area contributed by atoms with Crippen LogP contribution in [0.2, 0.25) is 0 Å². The quantitative estimate of drug-likeness (QED) is 0.439. The molecule has 1 fully saturated rings. The second-order valence-corrected chi connectivity index (χ2v) is 8.93. The lowest BCUT2D eigenvalue weighted by Gasteiger charge is -2.33. The third-order valence-corrected chi connectivity index (χ3v) is 6.59. The van der Waals surface area contributed by atoms with E-state index in [4.69, 9.17) is 10.5 Å². The minimum absolute atomic E-state index is 0.0485. The zero-order valence-corrected chi connectivity index (χ0v) is 19.4. The number of nitrogens with one attached hydrogen (secondary N) is 1. The number of carbonyl (C=O) groups excluding carboxylic acids is 1. The molecule has 0 bridgehead atoms. The highest BCUT2D eigenvalue weighted by Gasteiger charge is 2.27. The van der Waals surface area contributed by atoms with Crippen molar-refractivity contribution in [2.45, 2.75) is 38.1 Å². The van der Waals surface area contributed by atoms with E-state index in [1.165, 1.54) is 24.0 Å². The van der Waals surface area contributed by atoms with Crippen molar-refractivity contribution in [3.8, 4) is 11.6 Å². The monoisotopic (exact) mass is 474 g/mol. The molecule has 4 heterocycles. The van der Waals surface area contributed by atoms with Crippen LogP contribution in [-0.4, -0.2) is 49.9 Å². The van der Waals surface area contributed by atoms with E-state index in [1.54, 1.807) is 24.7 Å². The first kappa shape index (κ1) is 22.9. The number of pyridine rings is 1. The Balaban J connectivity index is 1.21. The molecule has 35 heavy (non-hydrogen) atoms. The van der Waals surface area contributed by atoms with Gasteiger partial charge in [0.1, 0.15) is 12.0 Å². The fourth-order valence-electron chi connectivity index (χ4n) is 4.66. The molecule has 3 aromatic heterocycles. The fraction of sp³-hybridized carbons (Fsp3) is 0.308. The number of hydrogen-bond donors (Lipinski definition) is 2.